The monoisotopic (exact) mass is 359 g/mol. The van der Waals surface area contributed by atoms with Crippen molar-refractivity contribution in [2.75, 3.05) is 18.6 Å². The van der Waals surface area contributed by atoms with Crippen LogP contribution in [0.2, 0.25) is 0 Å². The second-order valence-electron chi connectivity index (χ2n) is 6.28. The topological polar surface area (TPSA) is 113 Å². The molecule has 8 heteroatoms. The van der Waals surface area contributed by atoms with E-state index in [9.17, 15) is 19.5 Å². The molecule has 0 aliphatic carbocycles. The number of likely N-dealkylation sites (tertiary alicyclic amines) is 1. The Morgan fingerprint density at radius 1 is 1.42 bits per heavy atom. The quantitative estimate of drug-likeness (QED) is 0.558. The van der Waals surface area contributed by atoms with Crippen molar-refractivity contribution in [2.24, 2.45) is 11.7 Å². The van der Waals surface area contributed by atoms with Gasteiger partial charge in [-0.2, -0.15) is 11.8 Å². The van der Waals surface area contributed by atoms with Gasteiger partial charge in [-0.25, -0.2) is 4.79 Å². The van der Waals surface area contributed by atoms with Crippen LogP contribution in [0.1, 0.15) is 39.5 Å². The van der Waals surface area contributed by atoms with Gasteiger partial charge in [0.05, 0.1) is 6.04 Å². The second kappa shape index (κ2) is 9.88. The molecule has 1 aliphatic heterocycles. The van der Waals surface area contributed by atoms with E-state index < -0.39 is 24.1 Å². The zero-order valence-electron chi connectivity index (χ0n) is 14.7. The van der Waals surface area contributed by atoms with E-state index in [0.717, 1.165) is 6.42 Å². The first kappa shape index (κ1) is 20.8. The van der Waals surface area contributed by atoms with E-state index in [4.69, 9.17) is 5.73 Å². The molecule has 0 aromatic carbocycles. The third-order valence-electron chi connectivity index (χ3n) is 4.61. The molecule has 0 bridgehead atoms. The molecular formula is C16H29N3O4S. The van der Waals surface area contributed by atoms with E-state index >= 15 is 0 Å². The number of amides is 2. The first-order valence-electron chi connectivity index (χ1n) is 8.41. The van der Waals surface area contributed by atoms with E-state index in [0.29, 0.717) is 31.6 Å². The van der Waals surface area contributed by atoms with Crippen molar-refractivity contribution in [3.63, 3.8) is 0 Å². The van der Waals surface area contributed by atoms with E-state index in [1.54, 1.807) is 11.8 Å². The molecule has 0 saturated carbocycles. The molecule has 1 rings (SSSR count). The number of nitrogens with zero attached hydrogens (tertiary/aromatic N) is 1. The molecule has 1 saturated heterocycles. The number of carbonyl (C=O) groups excluding carboxylic acids is 2. The van der Waals surface area contributed by atoms with Gasteiger partial charge in [0.15, 0.2) is 0 Å². The van der Waals surface area contributed by atoms with Crippen molar-refractivity contribution >= 4 is 29.5 Å². The fourth-order valence-electron chi connectivity index (χ4n) is 2.76. The van der Waals surface area contributed by atoms with Crippen LogP contribution in [0.25, 0.3) is 0 Å². The third-order valence-corrected chi connectivity index (χ3v) is 5.25. The molecule has 1 heterocycles. The molecule has 1 fully saturated rings. The van der Waals surface area contributed by atoms with Gasteiger partial charge < -0.3 is 21.1 Å². The first-order chi connectivity index (χ1) is 11.3. The summed E-state index contributed by atoms with van der Waals surface area (Å²) >= 11 is 1.57. The van der Waals surface area contributed by atoms with Crippen molar-refractivity contribution < 1.29 is 19.5 Å². The summed E-state index contributed by atoms with van der Waals surface area (Å²) in [6.45, 7) is 4.26. The number of hydrogen-bond acceptors (Lipinski definition) is 5. The SMILES string of the molecule is CC[C@H](C)[C@H](N)C(=O)N[C@@H](CCSC)C(=O)N1CCC[C@@H]1C(=O)O. The summed E-state index contributed by atoms with van der Waals surface area (Å²) in [6, 6.07) is -2.19. The zero-order chi connectivity index (χ0) is 18.3. The van der Waals surface area contributed by atoms with Crippen LogP contribution >= 0.6 is 11.8 Å². The number of aliphatic carboxylic acids is 1. The second-order valence-corrected chi connectivity index (χ2v) is 7.27. The average Bonchev–Trinajstić information content (AvgIpc) is 3.06. The standard InChI is InChI=1S/C16H29N3O4S/c1-4-10(2)13(17)14(20)18-11(7-9-24-3)15(21)19-8-5-6-12(19)16(22)23/h10-13H,4-9,17H2,1-3H3,(H,18,20)(H,22,23)/t10-,11-,12+,13-/m0/s1. The van der Waals surface area contributed by atoms with E-state index in [1.807, 2.05) is 20.1 Å². The number of thioether (sulfide) groups is 1. The Bertz CT molecular complexity index is 461. The summed E-state index contributed by atoms with van der Waals surface area (Å²) in [7, 11) is 0. The Morgan fingerprint density at radius 3 is 2.62 bits per heavy atom. The van der Waals surface area contributed by atoms with Gasteiger partial charge in [0.2, 0.25) is 11.8 Å². The number of carboxylic acids is 1. The van der Waals surface area contributed by atoms with Gasteiger partial charge in [-0.1, -0.05) is 20.3 Å². The van der Waals surface area contributed by atoms with Gasteiger partial charge in [0.1, 0.15) is 12.1 Å². The van der Waals surface area contributed by atoms with Crippen molar-refractivity contribution in [1.29, 1.82) is 0 Å². The highest BCUT2D eigenvalue weighted by Gasteiger charge is 2.37. The van der Waals surface area contributed by atoms with Crippen molar-refractivity contribution in [3.05, 3.63) is 0 Å². The Labute approximate surface area is 147 Å². The first-order valence-corrected chi connectivity index (χ1v) is 9.81. The minimum Gasteiger partial charge on any atom is -0.480 e. The molecule has 138 valence electrons. The Balaban J connectivity index is 2.82. The molecule has 1 aliphatic rings. The molecule has 24 heavy (non-hydrogen) atoms. The van der Waals surface area contributed by atoms with Crippen LogP contribution in [0, 0.1) is 5.92 Å². The summed E-state index contributed by atoms with van der Waals surface area (Å²) in [5, 5.41) is 12.0. The lowest BCUT2D eigenvalue weighted by molar-refractivity contribution is -0.149. The number of rotatable bonds is 9. The van der Waals surface area contributed by atoms with Gasteiger partial charge in [-0.05, 0) is 37.2 Å². The van der Waals surface area contributed by atoms with Crippen LogP contribution in [-0.4, -0.2) is 64.5 Å². The molecule has 4 N–H and O–H groups in total. The predicted octanol–water partition coefficient (Wildman–Crippen LogP) is 0.673. The van der Waals surface area contributed by atoms with E-state index in [1.165, 1.54) is 4.90 Å². The normalized spacial score (nSPS) is 21.2. The predicted molar refractivity (Wildman–Crippen MR) is 94.7 cm³/mol. The van der Waals surface area contributed by atoms with E-state index in [-0.39, 0.29) is 17.7 Å². The molecule has 0 spiro atoms. The summed E-state index contributed by atoms with van der Waals surface area (Å²) in [4.78, 5) is 37.8. The summed E-state index contributed by atoms with van der Waals surface area (Å²) in [5.74, 6) is -0.957. The lowest BCUT2D eigenvalue weighted by atomic mass is 9.99. The summed E-state index contributed by atoms with van der Waals surface area (Å²) in [6.07, 6.45) is 4.27. The minimum atomic E-state index is -0.993. The number of carbonyl (C=O) groups is 3. The van der Waals surface area contributed by atoms with Gasteiger partial charge in [-0.15, -0.1) is 0 Å². The maximum absolute atomic E-state index is 12.8. The maximum atomic E-state index is 12.8. The van der Waals surface area contributed by atoms with Crippen molar-refractivity contribution in [1.82, 2.24) is 10.2 Å². The highest BCUT2D eigenvalue weighted by Crippen LogP contribution is 2.20. The molecule has 0 aromatic heterocycles. The van der Waals surface area contributed by atoms with Gasteiger partial charge in [0, 0.05) is 6.54 Å². The van der Waals surface area contributed by atoms with Crippen LogP contribution in [0.3, 0.4) is 0 Å². The maximum Gasteiger partial charge on any atom is 0.326 e. The highest BCUT2D eigenvalue weighted by atomic mass is 32.2. The number of carboxylic acid groups (broad SMARTS) is 1. The molecule has 2 amide bonds. The minimum absolute atomic E-state index is 0.0138. The number of nitrogens with one attached hydrogen (secondary N) is 1. The van der Waals surface area contributed by atoms with Crippen LogP contribution in [0.15, 0.2) is 0 Å². The molecule has 4 atom stereocenters. The van der Waals surface area contributed by atoms with Crippen LogP contribution in [-0.2, 0) is 14.4 Å². The van der Waals surface area contributed by atoms with Crippen LogP contribution in [0.5, 0.6) is 0 Å². The average molecular weight is 359 g/mol. The third kappa shape index (κ3) is 5.37. The zero-order valence-corrected chi connectivity index (χ0v) is 15.5. The van der Waals surface area contributed by atoms with Gasteiger partial charge >= 0.3 is 5.97 Å². The lowest BCUT2D eigenvalue weighted by Crippen LogP contribution is -2.55. The largest absolute Gasteiger partial charge is 0.480 e. The van der Waals surface area contributed by atoms with Crippen molar-refractivity contribution in [2.45, 2.75) is 57.7 Å². The molecule has 0 radical (unpaired) electrons. The van der Waals surface area contributed by atoms with Gasteiger partial charge in [0.25, 0.3) is 0 Å². The fraction of sp³-hybridized carbons (Fsp3) is 0.812. The molecule has 7 nitrogen and oxygen atoms in total. The number of hydrogen-bond donors (Lipinski definition) is 3. The van der Waals surface area contributed by atoms with Crippen molar-refractivity contribution in [3.8, 4) is 0 Å². The van der Waals surface area contributed by atoms with Crippen LogP contribution < -0.4 is 11.1 Å². The lowest BCUT2D eigenvalue weighted by Gasteiger charge is -2.28. The molecule has 0 aromatic rings. The number of nitrogens with two attached hydrogens (primary N) is 1. The fourth-order valence-corrected chi connectivity index (χ4v) is 3.23. The summed E-state index contributed by atoms with van der Waals surface area (Å²) < 4.78 is 0. The summed E-state index contributed by atoms with van der Waals surface area (Å²) in [5.41, 5.74) is 5.94. The molecule has 0 unspecified atom stereocenters. The molecular weight excluding hydrogens is 330 g/mol. The van der Waals surface area contributed by atoms with Gasteiger partial charge in [-0.3, -0.25) is 9.59 Å². The Kier molecular flexibility index (Phi) is 8.55. The Hall–Kier alpha value is -1.28. The van der Waals surface area contributed by atoms with E-state index in [2.05, 4.69) is 5.32 Å². The highest BCUT2D eigenvalue weighted by molar-refractivity contribution is 7.98. The van der Waals surface area contributed by atoms with Crippen LogP contribution in [0.4, 0.5) is 0 Å². The Morgan fingerprint density at radius 2 is 2.08 bits per heavy atom. The smallest absolute Gasteiger partial charge is 0.326 e.